The van der Waals surface area contributed by atoms with Crippen LogP contribution in [0.3, 0.4) is 0 Å². The number of benzene rings is 6. The zero-order valence-corrected chi connectivity index (χ0v) is 24.2. The fourth-order valence-electron chi connectivity index (χ4n) is 7.40. The second kappa shape index (κ2) is 10.00. The highest BCUT2D eigenvalue weighted by Gasteiger charge is 2.40. The summed E-state index contributed by atoms with van der Waals surface area (Å²) < 4.78 is 2.52. The fourth-order valence-corrected chi connectivity index (χ4v) is 7.40. The molecule has 0 bridgehead atoms. The van der Waals surface area contributed by atoms with E-state index in [-0.39, 0.29) is 12.0 Å². The van der Waals surface area contributed by atoms with Crippen LogP contribution in [0.25, 0.3) is 49.7 Å². The first-order valence-electron chi connectivity index (χ1n) is 15.4. The fraction of sp³-hybridized carbons (Fsp3) is 0.0476. The van der Waals surface area contributed by atoms with Gasteiger partial charge in [-0.1, -0.05) is 146 Å². The van der Waals surface area contributed by atoms with Crippen molar-refractivity contribution in [2.45, 2.75) is 12.0 Å². The first-order valence-corrected chi connectivity index (χ1v) is 15.4. The van der Waals surface area contributed by atoms with Gasteiger partial charge in [-0.3, -0.25) is 0 Å². The third-order valence-electron chi connectivity index (χ3n) is 9.31. The van der Waals surface area contributed by atoms with Crippen LogP contribution >= 0.6 is 0 Å². The SMILES string of the molecule is C1=CC2c3ccc4c5ccccc5n(-c5ccccc5-c5ccccc5)c4c3N(c3cccc(-c4ccccc4)c3)[C@@H]2C=C1. The van der Waals surface area contributed by atoms with Gasteiger partial charge >= 0.3 is 0 Å². The van der Waals surface area contributed by atoms with Gasteiger partial charge in [0.15, 0.2) is 0 Å². The van der Waals surface area contributed by atoms with Crippen molar-refractivity contribution in [1.29, 1.82) is 0 Å². The molecule has 0 amide bonds. The number of aromatic nitrogens is 1. The second-order valence-electron chi connectivity index (χ2n) is 11.7. The number of fused-ring (bicyclic) bond motifs is 7. The molecule has 2 nitrogen and oxygen atoms in total. The maximum atomic E-state index is 2.59. The van der Waals surface area contributed by atoms with E-state index in [2.05, 4.69) is 179 Å². The predicted molar refractivity (Wildman–Crippen MR) is 185 cm³/mol. The molecule has 0 fully saturated rings. The van der Waals surface area contributed by atoms with Crippen molar-refractivity contribution in [2.75, 3.05) is 4.90 Å². The van der Waals surface area contributed by atoms with Crippen molar-refractivity contribution in [3.05, 3.63) is 175 Å². The number of hydrogen-bond acceptors (Lipinski definition) is 1. The van der Waals surface area contributed by atoms with Gasteiger partial charge in [0, 0.05) is 27.9 Å². The van der Waals surface area contributed by atoms with E-state index in [0.29, 0.717) is 0 Å². The van der Waals surface area contributed by atoms with Gasteiger partial charge in [0.25, 0.3) is 0 Å². The zero-order valence-electron chi connectivity index (χ0n) is 24.2. The molecule has 1 aromatic heterocycles. The van der Waals surface area contributed by atoms with Gasteiger partial charge in [0.2, 0.25) is 0 Å². The molecule has 44 heavy (non-hydrogen) atoms. The van der Waals surface area contributed by atoms with Crippen LogP contribution in [0.15, 0.2) is 170 Å². The lowest BCUT2D eigenvalue weighted by Crippen LogP contribution is -2.28. The predicted octanol–water partition coefficient (Wildman–Crippen LogP) is 10.8. The number of rotatable bonds is 4. The van der Waals surface area contributed by atoms with Crippen molar-refractivity contribution in [3.8, 4) is 27.9 Å². The Labute approximate surface area is 257 Å². The van der Waals surface area contributed by atoms with Crippen molar-refractivity contribution < 1.29 is 0 Å². The summed E-state index contributed by atoms with van der Waals surface area (Å²) in [4.78, 5) is 2.59. The van der Waals surface area contributed by atoms with Crippen molar-refractivity contribution in [3.63, 3.8) is 0 Å². The van der Waals surface area contributed by atoms with Crippen LogP contribution in [0.1, 0.15) is 11.5 Å². The molecule has 0 saturated carbocycles. The molecule has 7 aromatic rings. The zero-order chi connectivity index (χ0) is 29.0. The van der Waals surface area contributed by atoms with E-state index < -0.39 is 0 Å². The van der Waals surface area contributed by atoms with Crippen LogP contribution in [0.2, 0.25) is 0 Å². The van der Waals surface area contributed by atoms with Crippen LogP contribution in [0.4, 0.5) is 11.4 Å². The van der Waals surface area contributed by atoms with Gasteiger partial charge in [-0.05, 0) is 46.5 Å². The number of anilines is 2. The molecule has 1 aliphatic heterocycles. The smallest absolute Gasteiger partial charge is 0.0782 e. The maximum absolute atomic E-state index is 2.59. The summed E-state index contributed by atoms with van der Waals surface area (Å²) in [7, 11) is 0. The average molecular weight is 563 g/mol. The number of nitrogens with zero attached hydrogens (tertiary/aromatic N) is 2. The summed E-state index contributed by atoms with van der Waals surface area (Å²) in [6, 6.07) is 53.1. The van der Waals surface area contributed by atoms with Crippen molar-refractivity contribution >= 4 is 33.2 Å². The van der Waals surface area contributed by atoms with Crippen molar-refractivity contribution in [1.82, 2.24) is 4.57 Å². The molecule has 1 aliphatic carbocycles. The lowest BCUT2D eigenvalue weighted by Gasteiger charge is -2.30. The Kier molecular flexibility index (Phi) is 5.67. The summed E-state index contributed by atoms with van der Waals surface area (Å²) >= 11 is 0. The van der Waals surface area contributed by atoms with E-state index in [1.807, 2.05) is 0 Å². The van der Waals surface area contributed by atoms with Crippen LogP contribution in [0, 0.1) is 0 Å². The molecule has 0 radical (unpaired) electrons. The van der Waals surface area contributed by atoms with E-state index in [0.717, 1.165) is 0 Å². The molecular formula is C42H30N2. The summed E-state index contributed by atoms with van der Waals surface area (Å²) in [6.07, 6.45) is 9.16. The van der Waals surface area contributed by atoms with E-state index in [4.69, 9.17) is 0 Å². The molecule has 2 heteroatoms. The molecule has 2 atom stereocenters. The monoisotopic (exact) mass is 562 g/mol. The first-order chi connectivity index (χ1) is 21.9. The summed E-state index contributed by atoms with van der Waals surface area (Å²) in [5.41, 5.74) is 12.4. The minimum atomic E-state index is 0.197. The summed E-state index contributed by atoms with van der Waals surface area (Å²) in [6.45, 7) is 0. The second-order valence-corrected chi connectivity index (χ2v) is 11.7. The molecule has 0 saturated heterocycles. The van der Waals surface area contributed by atoms with E-state index in [1.165, 1.54) is 66.7 Å². The molecule has 2 aliphatic rings. The lowest BCUT2D eigenvalue weighted by atomic mass is 9.91. The highest BCUT2D eigenvalue weighted by molar-refractivity contribution is 6.15. The first kappa shape index (κ1) is 24.9. The summed E-state index contributed by atoms with van der Waals surface area (Å²) in [5, 5.41) is 2.55. The largest absolute Gasteiger partial charge is 0.332 e. The summed E-state index contributed by atoms with van der Waals surface area (Å²) in [5.74, 6) is 0.274. The molecule has 6 aromatic carbocycles. The highest BCUT2D eigenvalue weighted by Crippen LogP contribution is 2.53. The molecule has 9 rings (SSSR count). The van der Waals surface area contributed by atoms with Gasteiger partial charge in [-0.15, -0.1) is 0 Å². The van der Waals surface area contributed by atoms with E-state index in [1.54, 1.807) is 0 Å². The van der Waals surface area contributed by atoms with Gasteiger partial charge in [-0.25, -0.2) is 0 Å². The lowest BCUT2D eigenvalue weighted by molar-refractivity contribution is 0.745. The minimum absolute atomic E-state index is 0.197. The normalized spacial score (nSPS) is 16.9. The Morgan fingerprint density at radius 1 is 0.500 bits per heavy atom. The Morgan fingerprint density at radius 3 is 2.07 bits per heavy atom. The van der Waals surface area contributed by atoms with Crippen LogP contribution in [-0.2, 0) is 0 Å². The Hall–Kier alpha value is -5.60. The number of para-hydroxylation sites is 2. The number of allylic oxidation sites excluding steroid dienone is 2. The van der Waals surface area contributed by atoms with Crippen LogP contribution < -0.4 is 4.90 Å². The molecule has 0 N–H and O–H groups in total. The van der Waals surface area contributed by atoms with Crippen molar-refractivity contribution in [2.24, 2.45) is 0 Å². The highest BCUT2D eigenvalue weighted by atomic mass is 15.2. The Balaban J connectivity index is 1.37. The van der Waals surface area contributed by atoms with Crippen LogP contribution in [0.5, 0.6) is 0 Å². The standard InChI is InChI=1S/C42H30N2/c1-3-14-29(15-4-1)31-18-13-19-32(28-31)43-39-24-11-8-21-34(39)36-26-27-37-35-22-9-12-25-40(35)44(42(37)41(36)43)38-23-10-7-20-33(38)30-16-5-2-6-17-30/h1-28,34,39H/t34?,39-/m1/s1. The molecule has 2 heterocycles. The third-order valence-corrected chi connectivity index (χ3v) is 9.31. The van der Waals surface area contributed by atoms with Crippen LogP contribution in [-0.4, -0.2) is 10.6 Å². The maximum Gasteiger partial charge on any atom is 0.0782 e. The average Bonchev–Trinajstić information content (AvgIpc) is 3.62. The van der Waals surface area contributed by atoms with Gasteiger partial charge in [0.1, 0.15) is 0 Å². The Morgan fingerprint density at radius 2 is 1.20 bits per heavy atom. The van der Waals surface area contributed by atoms with E-state index >= 15 is 0 Å². The topological polar surface area (TPSA) is 8.17 Å². The third kappa shape index (κ3) is 3.74. The van der Waals surface area contributed by atoms with E-state index in [9.17, 15) is 0 Å². The quantitative estimate of drug-likeness (QED) is 0.207. The molecule has 208 valence electrons. The number of hydrogen-bond donors (Lipinski definition) is 0. The molecule has 1 unspecified atom stereocenters. The minimum Gasteiger partial charge on any atom is -0.332 e. The molecular weight excluding hydrogens is 532 g/mol. The van der Waals surface area contributed by atoms with Gasteiger partial charge < -0.3 is 9.47 Å². The molecule has 0 spiro atoms. The van der Waals surface area contributed by atoms with Gasteiger partial charge in [0.05, 0.1) is 28.5 Å². The Bertz CT molecular complexity index is 2240. The van der Waals surface area contributed by atoms with Gasteiger partial charge in [-0.2, -0.15) is 0 Å².